The molecule has 2 unspecified atom stereocenters. The third-order valence-electron chi connectivity index (χ3n) is 3.97. The summed E-state index contributed by atoms with van der Waals surface area (Å²) >= 11 is 0. The molecule has 0 saturated carbocycles. The van der Waals surface area contributed by atoms with Gasteiger partial charge in [-0.25, -0.2) is 0 Å². The van der Waals surface area contributed by atoms with E-state index >= 15 is 0 Å². The predicted octanol–water partition coefficient (Wildman–Crippen LogP) is 1.61. The van der Waals surface area contributed by atoms with Crippen LogP contribution in [0.3, 0.4) is 0 Å². The number of benzene rings is 1. The van der Waals surface area contributed by atoms with Gasteiger partial charge in [0.25, 0.3) is 0 Å². The van der Waals surface area contributed by atoms with Crippen LogP contribution in [0.1, 0.15) is 18.5 Å². The van der Waals surface area contributed by atoms with E-state index in [1.54, 1.807) is 0 Å². The molecule has 132 valence electrons. The summed E-state index contributed by atoms with van der Waals surface area (Å²) in [5, 5.41) is 2.98. The third kappa shape index (κ3) is 7.06. The lowest BCUT2D eigenvalue weighted by molar-refractivity contribution is -0.125. The summed E-state index contributed by atoms with van der Waals surface area (Å²) in [6.45, 7) is 6.84. The van der Waals surface area contributed by atoms with Crippen molar-refractivity contribution >= 4 is 30.7 Å². The van der Waals surface area contributed by atoms with Crippen molar-refractivity contribution in [2.24, 2.45) is 11.7 Å². The van der Waals surface area contributed by atoms with Crippen LogP contribution in [0.25, 0.3) is 0 Å². The quantitative estimate of drug-likeness (QED) is 0.805. The number of hydrogen-bond donors (Lipinski definition) is 2. The first kappa shape index (κ1) is 22.1. The van der Waals surface area contributed by atoms with E-state index in [9.17, 15) is 4.79 Å². The fourth-order valence-corrected chi connectivity index (χ4v) is 2.45. The summed E-state index contributed by atoms with van der Waals surface area (Å²) in [5.74, 6) is -0.225. The van der Waals surface area contributed by atoms with Gasteiger partial charge in [-0.05, 0) is 5.56 Å². The Labute approximate surface area is 150 Å². The molecule has 1 amide bonds. The number of carbonyl (C=O) groups excluding carboxylic acids is 1. The lowest BCUT2D eigenvalue weighted by atomic mass is 9.95. The number of nitrogens with zero attached hydrogens (tertiary/aromatic N) is 1. The van der Waals surface area contributed by atoms with Crippen molar-refractivity contribution in [1.29, 1.82) is 0 Å². The summed E-state index contributed by atoms with van der Waals surface area (Å²) in [5.41, 5.74) is 7.16. The Hall–Kier alpha value is -0.850. The van der Waals surface area contributed by atoms with Crippen molar-refractivity contribution in [2.75, 3.05) is 39.4 Å². The molecular formula is C16H27Cl2N3O2. The van der Waals surface area contributed by atoms with E-state index in [-0.39, 0.29) is 42.7 Å². The summed E-state index contributed by atoms with van der Waals surface area (Å²) < 4.78 is 5.30. The van der Waals surface area contributed by atoms with E-state index in [4.69, 9.17) is 10.5 Å². The molecule has 3 N–H and O–H groups in total. The Kier molecular flexibility index (Phi) is 11.2. The number of nitrogens with one attached hydrogen (secondary N) is 1. The first-order chi connectivity index (χ1) is 10.2. The fraction of sp³-hybridized carbons (Fsp3) is 0.562. The normalized spacial score (nSPS) is 17.3. The number of morpholine rings is 1. The Morgan fingerprint density at radius 2 is 1.87 bits per heavy atom. The van der Waals surface area contributed by atoms with Gasteiger partial charge in [0.1, 0.15) is 0 Å². The molecule has 1 heterocycles. The van der Waals surface area contributed by atoms with Gasteiger partial charge in [0, 0.05) is 32.2 Å². The molecule has 2 rings (SSSR count). The first-order valence-electron chi connectivity index (χ1n) is 7.57. The van der Waals surface area contributed by atoms with Crippen LogP contribution in [0.5, 0.6) is 0 Å². The van der Waals surface area contributed by atoms with Crippen molar-refractivity contribution in [1.82, 2.24) is 10.2 Å². The van der Waals surface area contributed by atoms with Gasteiger partial charge < -0.3 is 15.8 Å². The lowest BCUT2D eigenvalue weighted by Crippen LogP contribution is -2.43. The van der Waals surface area contributed by atoms with Crippen molar-refractivity contribution in [3.05, 3.63) is 35.9 Å². The highest BCUT2D eigenvalue weighted by molar-refractivity contribution is 5.85. The molecule has 23 heavy (non-hydrogen) atoms. The molecule has 1 fully saturated rings. The van der Waals surface area contributed by atoms with Crippen molar-refractivity contribution in [2.45, 2.75) is 13.0 Å². The Balaban J connectivity index is 0.00000242. The highest BCUT2D eigenvalue weighted by atomic mass is 35.5. The van der Waals surface area contributed by atoms with Gasteiger partial charge in [-0.15, -0.1) is 24.8 Å². The first-order valence-corrected chi connectivity index (χ1v) is 7.57. The largest absolute Gasteiger partial charge is 0.379 e. The zero-order chi connectivity index (χ0) is 15.1. The van der Waals surface area contributed by atoms with Gasteiger partial charge in [-0.3, -0.25) is 9.69 Å². The molecule has 5 nitrogen and oxygen atoms in total. The molecule has 0 aliphatic carbocycles. The number of nitrogens with two attached hydrogens (primary N) is 1. The standard InChI is InChI=1S/C16H25N3O2.2ClH/c1-13(15(17)14-5-3-2-4-6-14)16(20)18-7-8-19-9-11-21-12-10-19;;/h2-6,13,15H,7-12,17H2,1H3,(H,18,20);2*1H. The van der Waals surface area contributed by atoms with E-state index in [0.717, 1.165) is 38.4 Å². The summed E-state index contributed by atoms with van der Waals surface area (Å²) in [7, 11) is 0. The minimum Gasteiger partial charge on any atom is -0.379 e. The molecule has 2 atom stereocenters. The number of amides is 1. The SMILES string of the molecule is CC(C(=O)NCCN1CCOCC1)C(N)c1ccccc1.Cl.Cl. The molecule has 1 aliphatic rings. The average Bonchev–Trinajstić information content (AvgIpc) is 2.55. The molecule has 1 aromatic carbocycles. The highest BCUT2D eigenvalue weighted by Gasteiger charge is 2.21. The molecule has 0 bridgehead atoms. The summed E-state index contributed by atoms with van der Waals surface area (Å²) in [6.07, 6.45) is 0. The average molecular weight is 364 g/mol. The van der Waals surface area contributed by atoms with Gasteiger partial charge >= 0.3 is 0 Å². The zero-order valence-electron chi connectivity index (χ0n) is 13.4. The number of carbonyl (C=O) groups is 1. The second-order valence-electron chi connectivity index (χ2n) is 5.47. The van der Waals surface area contributed by atoms with Crippen LogP contribution in [0.15, 0.2) is 30.3 Å². The van der Waals surface area contributed by atoms with Crippen LogP contribution >= 0.6 is 24.8 Å². The van der Waals surface area contributed by atoms with Crippen molar-refractivity contribution in [3.63, 3.8) is 0 Å². The third-order valence-corrected chi connectivity index (χ3v) is 3.97. The van der Waals surface area contributed by atoms with E-state index in [1.165, 1.54) is 0 Å². The van der Waals surface area contributed by atoms with Gasteiger partial charge in [0.05, 0.1) is 19.1 Å². The summed E-state index contributed by atoms with van der Waals surface area (Å²) in [6, 6.07) is 9.49. The molecule has 0 aromatic heterocycles. The molecule has 1 saturated heterocycles. The Morgan fingerprint density at radius 3 is 2.48 bits per heavy atom. The molecule has 0 spiro atoms. The van der Waals surface area contributed by atoms with E-state index in [1.807, 2.05) is 37.3 Å². The van der Waals surface area contributed by atoms with Crippen LogP contribution in [-0.4, -0.2) is 50.2 Å². The van der Waals surface area contributed by atoms with Crippen molar-refractivity contribution in [3.8, 4) is 0 Å². The lowest BCUT2D eigenvalue weighted by Gasteiger charge is -2.27. The van der Waals surface area contributed by atoms with Crippen LogP contribution in [0.4, 0.5) is 0 Å². The van der Waals surface area contributed by atoms with Gasteiger partial charge in [-0.2, -0.15) is 0 Å². The van der Waals surface area contributed by atoms with Crippen molar-refractivity contribution < 1.29 is 9.53 Å². The molecular weight excluding hydrogens is 337 g/mol. The van der Waals surface area contributed by atoms with Crippen LogP contribution in [0, 0.1) is 5.92 Å². The number of rotatable bonds is 6. The second-order valence-corrected chi connectivity index (χ2v) is 5.47. The Bertz CT molecular complexity index is 442. The maximum absolute atomic E-state index is 12.2. The maximum atomic E-state index is 12.2. The number of halogens is 2. The molecule has 0 radical (unpaired) electrons. The maximum Gasteiger partial charge on any atom is 0.224 e. The molecule has 1 aromatic rings. The van der Waals surface area contributed by atoms with E-state index in [0.29, 0.717) is 6.54 Å². The smallest absolute Gasteiger partial charge is 0.224 e. The van der Waals surface area contributed by atoms with Gasteiger partial charge in [0.2, 0.25) is 5.91 Å². The van der Waals surface area contributed by atoms with E-state index < -0.39 is 0 Å². The minimum atomic E-state index is -0.269. The molecule has 1 aliphatic heterocycles. The summed E-state index contributed by atoms with van der Waals surface area (Å²) in [4.78, 5) is 14.5. The highest BCUT2D eigenvalue weighted by Crippen LogP contribution is 2.18. The Morgan fingerprint density at radius 1 is 1.26 bits per heavy atom. The minimum absolute atomic E-state index is 0. The molecule has 7 heteroatoms. The van der Waals surface area contributed by atoms with Crippen LogP contribution < -0.4 is 11.1 Å². The number of ether oxygens (including phenoxy) is 1. The zero-order valence-corrected chi connectivity index (χ0v) is 15.1. The van der Waals surface area contributed by atoms with Crippen LogP contribution in [-0.2, 0) is 9.53 Å². The van der Waals surface area contributed by atoms with Gasteiger partial charge in [0.15, 0.2) is 0 Å². The number of hydrogen-bond acceptors (Lipinski definition) is 4. The second kappa shape index (κ2) is 11.6. The fourth-order valence-electron chi connectivity index (χ4n) is 2.45. The predicted molar refractivity (Wildman–Crippen MR) is 97.3 cm³/mol. The van der Waals surface area contributed by atoms with E-state index in [2.05, 4.69) is 10.2 Å². The van der Waals surface area contributed by atoms with Gasteiger partial charge in [-0.1, -0.05) is 37.3 Å². The topological polar surface area (TPSA) is 67.6 Å². The van der Waals surface area contributed by atoms with Crippen LogP contribution in [0.2, 0.25) is 0 Å². The monoisotopic (exact) mass is 363 g/mol.